The van der Waals surface area contributed by atoms with Crippen LogP contribution in [-0.4, -0.2) is 24.1 Å². The third-order valence-electron chi connectivity index (χ3n) is 5.21. The maximum Gasteiger partial charge on any atom is 0.189 e. The highest BCUT2D eigenvalue weighted by Gasteiger charge is 2.21. The summed E-state index contributed by atoms with van der Waals surface area (Å²) in [5.74, 6) is 1.42. The highest BCUT2D eigenvalue weighted by atomic mass is 16.5. The number of hydrogen-bond donors (Lipinski definition) is 3. The van der Waals surface area contributed by atoms with E-state index in [1.54, 1.807) is 0 Å². The number of guanidine groups is 1. The Bertz CT molecular complexity index is 960. The zero-order valence-electron chi connectivity index (χ0n) is 15.7. The van der Waals surface area contributed by atoms with Crippen molar-refractivity contribution in [3.8, 4) is 5.75 Å². The van der Waals surface area contributed by atoms with Crippen LogP contribution in [0.15, 0.2) is 53.7 Å². The summed E-state index contributed by atoms with van der Waals surface area (Å²) in [5, 5.41) is 4.64. The average Bonchev–Trinajstić information content (AvgIpc) is 3.11. The van der Waals surface area contributed by atoms with Crippen molar-refractivity contribution in [1.29, 1.82) is 0 Å². The molecule has 0 amide bonds. The number of aromatic amines is 1. The SMILES string of the molecule is CCc1cccc2c(CCN=C(N)NC3CCOc4ccccc43)c[nH]c12. The van der Waals surface area contributed by atoms with E-state index in [1.165, 1.54) is 22.0 Å². The maximum absolute atomic E-state index is 6.15. The Hall–Kier alpha value is -2.95. The first-order valence-electron chi connectivity index (χ1n) is 9.62. The molecule has 1 unspecified atom stereocenters. The number of H-pyrrole nitrogens is 1. The first-order valence-corrected chi connectivity index (χ1v) is 9.62. The molecule has 0 bridgehead atoms. The second-order valence-electron chi connectivity index (χ2n) is 6.90. The summed E-state index contributed by atoms with van der Waals surface area (Å²) in [7, 11) is 0. The molecule has 0 saturated carbocycles. The number of aliphatic imine (C=N–C) groups is 1. The van der Waals surface area contributed by atoms with E-state index < -0.39 is 0 Å². The number of hydrogen-bond acceptors (Lipinski definition) is 2. The Morgan fingerprint density at radius 1 is 1.22 bits per heavy atom. The van der Waals surface area contributed by atoms with Crippen molar-refractivity contribution in [2.24, 2.45) is 10.7 Å². The van der Waals surface area contributed by atoms with Gasteiger partial charge in [0.25, 0.3) is 0 Å². The van der Waals surface area contributed by atoms with E-state index in [2.05, 4.69) is 52.7 Å². The van der Waals surface area contributed by atoms with Crippen molar-refractivity contribution >= 4 is 16.9 Å². The molecular weight excluding hydrogens is 336 g/mol. The molecule has 140 valence electrons. The van der Waals surface area contributed by atoms with Gasteiger partial charge >= 0.3 is 0 Å². The van der Waals surface area contributed by atoms with Crippen LogP contribution in [0, 0.1) is 0 Å². The van der Waals surface area contributed by atoms with Gasteiger partial charge in [0, 0.05) is 35.6 Å². The van der Waals surface area contributed by atoms with Gasteiger partial charge in [-0.3, -0.25) is 4.99 Å². The molecule has 0 spiro atoms. The second-order valence-corrected chi connectivity index (χ2v) is 6.90. The predicted octanol–water partition coefficient (Wildman–Crippen LogP) is 3.70. The zero-order valence-corrected chi connectivity index (χ0v) is 15.7. The Labute approximate surface area is 159 Å². The van der Waals surface area contributed by atoms with Crippen molar-refractivity contribution in [3.05, 3.63) is 65.4 Å². The van der Waals surface area contributed by atoms with Gasteiger partial charge in [0.15, 0.2) is 5.96 Å². The van der Waals surface area contributed by atoms with Crippen molar-refractivity contribution in [1.82, 2.24) is 10.3 Å². The van der Waals surface area contributed by atoms with Crippen molar-refractivity contribution < 1.29 is 4.74 Å². The molecule has 1 aliphatic rings. The van der Waals surface area contributed by atoms with E-state index in [9.17, 15) is 0 Å². The molecular formula is C22H26N4O. The van der Waals surface area contributed by atoms with Crippen LogP contribution in [0.4, 0.5) is 0 Å². The predicted molar refractivity (Wildman–Crippen MR) is 110 cm³/mol. The quantitative estimate of drug-likeness (QED) is 0.478. The molecule has 2 heterocycles. The fraction of sp³-hybridized carbons (Fsp3) is 0.318. The van der Waals surface area contributed by atoms with Gasteiger partial charge in [-0.15, -0.1) is 0 Å². The van der Waals surface area contributed by atoms with Crippen LogP contribution in [-0.2, 0) is 12.8 Å². The number of ether oxygens (including phenoxy) is 1. The van der Waals surface area contributed by atoms with Crippen LogP contribution in [0.25, 0.3) is 10.9 Å². The summed E-state index contributed by atoms with van der Waals surface area (Å²) in [6.07, 6.45) is 4.87. The third-order valence-corrected chi connectivity index (χ3v) is 5.21. The van der Waals surface area contributed by atoms with Crippen molar-refractivity contribution in [3.63, 3.8) is 0 Å². The molecule has 0 aliphatic carbocycles. The minimum absolute atomic E-state index is 0.152. The van der Waals surface area contributed by atoms with Crippen LogP contribution >= 0.6 is 0 Å². The maximum atomic E-state index is 6.15. The number of nitrogens with zero attached hydrogens (tertiary/aromatic N) is 1. The molecule has 4 N–H and O–H groups in total. The molecule has 0 radical (unpaired) electrons. The molecule has 5 nitrogen and oxygen atoms in total. The number of benzene rings is 2. The molecule has 4 rings (SSSR count). The lowest BCUT2D eigenvalue weighted by atomic mass is 10.0. The van der Waals surface area contributed by atoms with Crippen molar-refractivity contribution in [2.45, 2.75) is 32.2 Å². The molecule has 3 aromatic rings. The monoisotopic (exact) mass is 362 g/mol. The highest BCUT2D eigenvalue weighted by Crippen LogP contribution is 2.31. The standard InChI is InChI=1S/C22H26N4O/c1-2-15-6-5-8-17-16(14-25-21(15)17)10-12-24-22(23)26-19-11-13-27-20-9-4-3-7-18(19)20/h3-9,14,19,25H,2,10-13H2,1H3,(H3,23,24,26). The first kappa shape index (κ1) is 17.5. The molecule has 27 heavy (non-hydrogen) atoms. The number of aryl methyl sites for hydroxylation is 1. The lowest BCUT2D eigenvalue weighted by molar-refractivity contribution is 0.262. The Morgan fingerprint density at radius 3 is 3.00 bits per heavy atom. The van der Waals surface area contributed by atoms with Crippen LogP contribution < -0.4 is 15.8 Å². The van der Waals surface area contributed by atoms with Gasteiger partial charge in [-0.2, -0.15) is 0 Å². The van der Waals surface area contributed by atoms with E-state index in [1.807, 2.05) is 18.2 Å². The molecule has 5 heteroatoms. The summed E-state index contributed by atoms with van der Waals surface area (Å²) in [5.41, 5.74) is 11.2. The smallest absolute Gasteiger partial charge is 0.189 e. The van der Waals surface area contributed by atoms with E-state index in [4.69, 9.17) is 10.5 Å². The molecule has 2 aromatic carbocycles. The van der Waals surface area contributed by atoms with E-state index in [-0.39, 0.29) is 6.04 Å². The Balaban J connectivity index is 1.41. The molecule has 0 fully saturated rings. The lowest BCUT2D eigenvalue weighted by Crippen LogP contribution is -2.37. The first-order chi connectivity index (χ1) is 13.3. The van der Waals surface area contributed by atoms with Gasteiger partial charge in [-0.05, 0) is 30.0 Å². The van der Waals surface area contributed by atoms with E-state index in [0.29, 0.717) is 19.1 Å². The fourth-order valence-corrected chi connectivity index (χ4v) is 3.79. The summed E-state index contributed by atoms with van der Waals surface area (Å²) in [4.78, 5) is 7.96. The highest BCUT2D eigenvalue weighted by molar-refractivity contribution is 5.86. The van der Waals surface area contributed by atoms with E-state index >= 15 is 0 Å². The zero-order chi connectivity index (χ0) is 18.6. The minimum atomic E-state index is 0.152. The van der Waals surface area contributed by atoms with Crippen LogP contribution in [0.2, 0.25) is 0 Å². The van der Waals surface area contributed by atoms with Gasteiger partial charge in [0.2, 0.25) is 0 Å². The van der Waals surface area contributed by atoms with Crippen LogP contribution in [0.1, 0.15) is 36.1 Å². The third kappa shape index (κ3) is 3.63. The van der Waals surface area contributed by atoms with Crippen LogP contribution in [0.3, 0.4) is 0 Å². The fourth-order valence-electron chi connectivity index (χ4n) is 3.79. The van der Waals surface area contributed by atoms with E-state index in [0.717, 1.165) is 30.6 Å². The average molecular weight is 362 g/mol. The Kier molecular flexibility index (Phi) is 5.01. The number of rotatable bonds is 5. The Morgan fingerprint density at radius 2 is 2.11 bits per heavy atom. The van der Waals surface area contributed by atoms with Gasteiger partial charge in [-0.1, -0.05) is 43.3 Å². The molecule has 1 aliphatic heterocycles. The van der Waals surface area contributed by atoms with Gasteiger partial charge in [-0.25, -0.2) is 0 Å². The van der Waals surface area contributed by atoms with Gasteiger partial charge in [0.1, 0.15) is 5.75 Å². The number of nitrogens with two attached hydrogens (primary N) is 1. The number of nitrogens with one attached hydrogen (secondary N) is 2. The molecule has 1 atom stereocenters. The van der Waals surface area contributed by atoms with Crippen LogP contribution in [0.5, 0.6) is 5.75 Å². The minimum Gasteiger partial charge on any atom is -0.493 e. The second kappa shape index (κ2) is 7.74. The normalized spacial score (nSPS) is 16.8. The largest absolute Gasteiger partial charge is 0.493 e. The topological polar surface area (TPSA) is 75.4 Å². The lowest BCUT2D eigenvalue weighted by Gasteiger charge is -2.26. The van der Waals surface area contributed by atoms with Crippen molar-refractivity contribution in [2.75, 3.05) is 13.2 Å². The molecule has 0 saturated heterocycles. The molecule has 1 aromatic heterocycles. The summed E-state index contributed by atoms with van der Waals surface area (Å²) in [6.45, 7) is 3.53. The number of aromatic nitrogens is 1. The number of fused-ring (bicyclic) bond motifs is 2. The number of para-hydroxylation sites is 2. The summed E-state index contributed by atoms with van der Waals surface area (Å²) in [6, 6.07) is 14.7. The van der Waals surface area contributed by atoms with Gasteiger partial charge in [0.05, 0.1) is 12.6 Å². The summed E-state index contributed by atoms with van der Waals surface area (Å²) >= 11 is 0. The summed E-state index contributed by atoms with van der Waals surface area (Å²) < 4.78 is 5.70. The van der Waals surface area contributed by atoms with Gasteiger partial charge < -0.3 is 20.8 Å².